The normalized spacial score (nSPS) is 21.9. The summed E-state index contributed by atoms with van der Waals surface area (Å²) in [6.07, 6.45) is 3.88. The lowest BCUT2D eigenvalue weighted by atomic mass is 9.98. The van der Waals surface area contributed by atoms with E-state index >= 15 is 0 Å². The maximum atomic E-state index is 12.9. The van der Waals surface area contributed by atoms with Crippen molar-refractivity contribution >= 4 is 29.5 Å². The standard InChI is InChI=1S/C24H27N7O5/c1-14(32)29-8-2-3-15(11-29)10-25-22(34)19-13-31(28-27-19)17-4-5-18-16(9-17)12-30(24(18)36)20-6-7-21(33)26-23(20)35/h4-5,9,13,15,20H,2-3,6-8,10-12H2,1H3,(H,25,34)(H,26,33,35). The molecule has 0 aliphatic carbocycles. The predicted molar refractivity (Wildman–Crippen MR) is 125 cm³/mol. The zero-order valence-electron chi connectivity index (χ0n) is 19.9. The number of hydrogen-bond donors (Lipinski definition) is 2. The highest BCUT2D eigenvalue weighted by Gasteiger charge is 2.39. The molecule has 3 aliphatic rings. The number of aromatic nitrogens is 3. The second kappa shape index (κ2) is 9.51. The van der Waals surface area contributed by atoms with Gasteiger partial charge in [0.25, 0.3) is 11.8 Å². The lowest BCUT2D eigenvalue weighted by molar-refractivity contribution is -0.137. The summed E-state index contributed by atoms with van der Waals surface area (Å²) in [5.41, 5.74) is 2.02. The van der Waals surface area contributed by atoms with Gasteiger partial charge in [-0.3, -0.25) is 29.3 Å². The zero-order chi connectivity index (χ0) is 25.4. The van der Waals surface area contributed by atoms with Crippen LogP contribution in [0.2, 0.25) is 0 Å². The Morgan fingerprint density at radius 1 is 1.19 bits per heavy atom. The average Bonchev–Trinajstić information content (AvgIpc) is 3.48. The molecule has 12 nitrogen and oxygen atoms in total. The van der Waals surface area contributed by atoms with Crippen LogP contribution in [0.5, 0.6) is 0 Å². The summed E-state index contributed by atoms with van der Waals surface area (Å²) in [5, 5.41) is 13.2. The van der Waals surface area contributed by atoms with Crippen molar-refractivity contribution in [2.45, 2.75) is 45.2 Å². The molecule has 0 bridgehead atoms. The van der Waals surface area contributed by atoms with E-state index in [1.54, 1.807) is 30.0 Å². The highest BCUT2D eigenvalue weighted by molar-refractivity contribution is 6.05. The average molecular weight is 494 g/mol. The fraction of sp³-hybridized carbons (Fsp3) is 0.458. The lowest BCUT2D eigenvalue weighted by Crippen LogP contribution is -2.52. The van der Waals surface area contributed by atoms with E-state index in [0.717, 1.165) is 24.9 Å². The largest absolute Gasteiger partial charge is 0.350 e. The molecule has 2 saturated heterocycles. The lowest BCUT2D eigenvalue weighted by Gasteiger charge is -2.32. The van der Waals surface area contributed by atoms with E-state index in [9.17, 15) is 24.0 Å². The van der Waals surface area contributed by atoms with Crippen LogP contribution in [0.15, 0.2) is 24.4 Å². The Labute approximate surface area is 207 Å². The minimum atomic E-state index is -0.681. The van der Waals surface area contributed by atoms with Gasteiger partial charge in [0.2, 0.25) is 17.7 Å². The molecule has 188 valence electrons. The van der Waals surface area contributed by atoms with E-state index in [1.165, 1.54) is 15.8 Å². The van der Waals surface area contributed by atoms with Crippen molar-refractivity contribution in [3.8, 4) is 5.69 Å². The highest BCUT2D eigenvalue weighted by atomic mass is 16.2. The van der Waals surface area contributed by atoms with Crippen LogP contribution in [0, 0.1) is 5.92 Å². The monoisotopic (exact) mass is 493 g/mol. The van der Waals surface area contributed by atoms with E-state index in [0.29, 0.717) is 30.8 Å². The third-order valence-corrected chi connectivity index (χ3v) is 7.01. The molecule has 12 heteroatoms. The van der Waals surface area contributed by atoms with Crippen molar-refractivity contribution in [3.05, 3.63) is 41.2 Å². The molecule has 1 aromatic heterocycles. The Kier molecular flexibility index (Phi) is 6.25. The smallest absolute Gasteiger partial charge is 0.273 e. The number of hydrogen-bond acceptors (Lipinski definition) is 7. The molecule has 0 radical (unpaired) electrons. The molecule has 2 atom stereocenters. The fourth-order valence-electron chi connectivity index (χ4n) is 5.04. The van der Waals surface area contributed by atoms with Crippen LogP contribution in [-0.4, -0.2) is 80.0 Å². The van der Waals surface area contributed by atoms with Gasteiger partial charge in [-0.05, 0) is 48.9 Å². The maximum Gasteiger partial charge on any atom is 0.273 e. The Bertz CT molecular complexity index is 1260. The minimum Gasteiger partial charge on any atom is -0.350 e. The molecule has 2 N–H and O–H groups in total. The van der Waals surface area contributed by atoms with Gasteiger partial charge in [-0.25, -0.2) is 4.68 Å². The molecule has 2 fully saturated rings. The summed E-state index contributed by atoms with van der Waals surface area (Å²) < 4.78 is 1.46. The Hall–Kier alpha value is -4.09. The molecule has 5 rings (SSSR count). The van der Waals surface area contributed by atoms with Crippen LogP contribution in [0.3, 0.4) is 0 Å². The maximum absolute atomic E-state index is 12.9. The zero-order valence-corrected chi connectivity index (χ0v) is 19.9. The Morgan fingerprint density at radius 2 is 2.03 bits per heavy atom. The van der Waals surface area contributed by atoms with E-state index < -0.39 is 11.9 Å². The minimum absolute atomic E-state index is 0.0465. The number of nitrogens with one attached hydrogen (secondary N) is 2. The van der Waals surface area contributed by atoms with Gasteiger partial charge in [-0.1, -0.05) is 5.21 Å². The number of fused-ring (bicyclic) bond motifs is 1. The Morgan fingerprint density at radius 3 is 2.81 bits per heavy atom. The first-order valence-electron chi connectivity index (χ1n) is 12.0. The molecule has 0 spiro atoms. The van der Waals surface area contributed by atoms with Gasteiger partial charge >= 0.3 is 0 Å². The quantitative estimate of drug-likeness (QED) is 0.558. The number of likely N-dealkylation sites (tertiary alicyclic amines) is 1. The van der Waals surface area contributed by atoms with Crippen molar-refractivity contribution in [3.63, 3.8) is 0 Å². The van der Waals surface area contributed by atoms with Gasteiger partial charge in [-0.2, -0.15) is 0 Å². The summed E-state index contributed by atoms with van der Waals surface area (Å²) in [6, 6.07) is 4.48. The first kappa shape index (κ1) is 23.6. The van der Waals surface area contributed by atoms with Gasteiger partial charge in [0.05, 0.1) is 11.9 Å². The number of piperidine rings is 2. The van der Waals surface area contributed by atoms with Gasteiger partial charge in [0.1, 0.15) is 6.04 Å². The van der Waals surface area contributed by atoms with E-state index in [1.807, 2.05) is 0 Å². The summed E-state index contributed by atoms with van der Waals surface area (Å²) in [6.45, 7) is 3.64. The number of rotatable bonds is 5. The second-order valence-electron chi connectivity index (χ2n) is 9.47. The molecule has 5 amide bonds. The summed E-state index contributed by atoms with van der Waals surface area (Å²) in [4.78, 5) is 64.1. The third kappa shape index (κ3) is 4.58. The molecule has 36 heavy (non-hydrogen) atoms. The van der Waals surface area contributed by atoms with Crippen LogP contribution < -0.4 is 10.6 Å². The van der Waals surface area contributed by atoms with Gasteiger partial charge in [0, 0.05) is 45.1 Å². The van der Waals surface area contributed by atoms with E-state index in [2.05, 4.69) is 20.9 Å². The number of carbonyl (C=O) groups is 5. The van der Waals surface area contributed by atoms with Crippen LogP contribution in [0.1, 0.15) is 59.0 Å². The van der Waals surface area contributed by atoms with Crippen LogP contribution in [0.4, 0.5) is 0 Å². The van der Waals surface area contributed by atoms with E-state index in [4.69, 9.17) is 0 Å². The highest BCUT2D eigenvalue weighted by Crippen LogP contribution is 2.29. The molecule has 3 aliphatic heterocycles. The number of nitrogens with zero attached hydrogens (tertiary/aromatic N) is 5. The molecule has 4 heterocycles. The number of imide groups is 1. The predicted octanol–water partition coefficient (Wildman–Crippen LogP) is 0.0166. The molecule has 0 saturated carbocycles. The van der Waals surface area contributed by atoms with Crippen LogP contribution in [-0.2, 0) is 20.9 Å². The molecular formula is C24H27N7O5. The number of benzene rings is 1. The summed E-state index contributed by atoms with van der Waals surface area (Å²) >= 11 is 0. The van der Waals surface area contributed by atoms with Crippen molar-refractivity contribution < 1.29 is 24.0 Å². The van der Waals surface area contributed by atoms with Crippen molar-refractivity contribution in [2.24, 2.45) is 5.92 Å². The summed E-state index contributed by atoms with van der Waals surface area (Å²) in [5.74, 6) is -1.14. The van der Waals surface area contributed by atoms with Gasteiger partial charge < -0.3 is 15.1 Å². The van der Waals surface area contributed by atoms with Crippen molar-refractivity contribution in [1.82, 2.24) is 35.4 Å². The first-order chi connectivity index (χ1) is 17.3. The van der Waals surface area contributed by atoms with Crippen LogP contribution in [0.25, 0.3) is 5.69 Å². The number of carbonyl (C=O) groups excluding carboxylic acids is 5. The fourth-order valence-corrected chi connectivity index (χ4v) is 5.04. The third-order valence-electron chi connectivity index (χ3n) is 7.01. The van der Waals surface area contributed by atoms with Crippen molar-refractivity contribution in [2.75, 3.05) is 19.6 Å². The number of amides is 5. The first-order valence-corrected chi connectivity index (χ1v) is 12.0. The van der Waals surface area contributed by atoms with E-state index in [-0.39, 0.29) is 48.2 Å². The topological polar surface area (TPSA) is 147 Å². The summed E-state index contributed by atoms with van der Waals surface area (Å²) in [7, 11) is 0. The SMILES string of the molecule is CC(=O)N1CCCC(CNC(=O)c2cn(-c3ccc4c(c3)CN(C3CCC(=O)NC3=O)C4=O)nn2)C1. The van der Waals surface area contributed by atoms with Gasteiger partial charge in [0.15, 0.2) is 5.69 Å². The molecule has 1 aromatic carbocycles. The molecule has 2 aromatic rings. The molecular weight excluding hydrogens is 466 g/mol. The van der Waals surface area contributed by atoms with Crippen LogP contribution >= 0.6 is 0 Å². The second-order valence-corrected chi connectivity index (χ2v) is 9.47. The van der Waals surface area contributed by atoms with Gasteiger partial charge in [-0.15, -0.1) is 5.10 Å². The Balaban J connectivity index is 1.23. The molecule has 2 unspecified atom stereocenters. The van der Waals surface area contributed by atoms with Crippen molar-refractivity contribution in [1.29, 1.82) is 0 Å².